The Labute approximate surface area is 199 Å². The Morgan fingerprint density at radius 1 is 0.529 bits per heavy atom. The Morgan fingerprint density at radius 3 is 1.44 bits per heavy atom. The van der Waals surface area contributed by atoms with Crippen molar-refractivity contribution in [1.82, 2.24) is 0 Å². The lowest BCUT2D eigenvalue weighted by Gasteiger charge is -2.24. The summed E-state index contributed by atoms with van der Waals surface area (Å²) < 4.78 is 0. The first-order valence-corrected chi connectivity index (χ1v) is 12.0. The molecule has 0 saturated heterocycles. The van der Waals surface area contributed by atoms with Gasteiger partial charge in [0.25, 0.3) is 11.4 Å². The fourth-order valence-corrected chi connectivity index (χ4v) is 5.41. The molecule has 0 aliphatic carbocycles. The molecule has 0 unspecified atom stereocenters. The van der Waals surface area contributed by atoms with Crippen molar-refractivity contribution in [1.29, 1.82) is 0 Å². The monoisotopic (exact) mass is 460 g/mol. The van der Waals surface area contributed by atoms with Gasteiger partial charge >= 0.3 is 0 Å². The molecule has 0 radical (unpaired) electrons. The van der Waals surface area contributed by atoms with Crippen LogP contribution < -0.4 is 0 Å². The predicted molar refractivity (Wildman–Crippen MR) is 140 cm³/mol. The molecule has 34 heavy (non-hydrogen) atoms. The molecule has 0 aliphatic rings. The first-order valence-electron chi connectivity index (χ1n) is 12.0. The summed E-state index contributed by atoms with van der Waals surface area (Å²) in [5.41, 5.74) is 3.71. The van der Waals surface area contributed by atoms with Crippen LogP contribution in [0.25, 0.3) is 32.3 Å². The van der Waals surface area contributed by atoms with Crippen molar-refractivity contribution in [3.05, 3.63) is 66.7 Å². The molecule has 0 N–H and O–H groups in total. The third-order valence-corrected chi connectivity index (χ3v) is 7.06. The molecule has 0 fully saturated rings. The average Bonchev–Trinajstić information content (AvgIpc) is 2.74. The Hall–Kier alpha value is -3.28. The minimum atomic E-state index is -0.320. The lowest BCUT2D eigenvalue weighted by molar-refractivity contribution is -0.383. The van der Waals surface area contributed by atoms with Gasteiger partial charge in [0, 0.05) is 22.4 Å². The minimum Gasteiger partial charge on any atom is -0.258 e. The molecular formula is C28H32N2O4. The highest BCUT2D eigenvalue weighted by Crippen LogP contribution is 2.50. The molecule has 0 bridgehead atoms. The van der Waals surface area contributed by atoms with E-state index in [4.69, 9.17) is 0 Å². The maximum atomic E-state index is 12.5. The van der Waals surface area contributed by atoms with Crippen molar-refractivity contribution in [2.24, 2.45) is 0 Å². The van der Waals surface area contributed by atoms with Gasteiger partial charge in [-0.25, -0.2) is 0 Å². The van der Waals surface area contributed by atoms with Gasteiger partial charge in [0.1, 0.15) is 0 Å². The molecule has 0 spiro atoms. The molecule has 0 amide bonds. The Morgan fingerprint density at radius 2 is 0.971 bits per heavy atom. The summed E-state index contributed by atoms with van der Waals surface area (Å²) in [5.74, 6) is 0.169. The van der Waals surface area contributed by atoms with Crippen molar-refractivity contribution in [2.75, 3.05) is 0 Å². The van der Waals surface area contributed by atoms with E-state index in [0.717, 1.165) is 38.2 Å². The maximum absolute atomic E-state index is 12.5. The van der Waals surface area contributed by atoms with E-state index in [0.29, 0.717) is 16.3 Å². The number of hydrogen-bond donors (Lipinski definition) is 0. The second-order valence-corrected chi connectivity index (χ2v) is 10.6. The van der Waals surface area contributed by atoms with Crippen LogP contribution in [0.3, 0.4) is 0 Å². The first-order chi connectivity index (χ1) is 15.9. The zero-order valence-corrected chi connectivity index (χ0v) is 21.1. The predicted octanol–water partition coefficient (Wildman–Crippen LogP) is 8.89. The number of rotatable bonds is 6. The van der Waals surface area contributed by atoms with Gasteiger partial charge in [0.15, 0.2) is 0 Å². The number of nitrogens with zero attached hydrogens (tertiary/aromatic N) is 2. The van der Waals surface area contributed by atoms with Crippen molar-refractivity contribution >= 4 is 43.7 Å². The van der Waals surface area contributed by atoms with E-state index in [-0.39, 0.29) is 44.9 Å². The fourth-order valence-electron chi connectivity index (χ4n) is 5.41. The van der Waals surface area contributed by atoms with Crippen LogP contribution in [0.1, 0.15) is 101 Å². The maximum Gasteiger partial charge on any atom is 0.280 e. The lowest BCUT2D eigenvalue weighted by Crippen LogP contribution is -2.06. The van der Waals surface area contributed by atoms with Crippen molar-refractivity contribution < 1.29 is 9.85 Å². The third kappa shape index (κ3) is 3.39. The molecule has 0 saturated carbocycles. The SMILES string of the molecule is CC(C)c1cc2c(C(C)C)cc3c([N+](=O)[O-])cc(C(C)C)c4cc(C(C)C)c(c1[N+](=O)[O-])c2c43. The molecule has 0 heterocycles. The molecule has 6 nitrogen and oxygen atoms in total. The Bertz CT molecular complexity index is 1470. The van der Waals surface area contributed by atoms with Gasteiger partial charge < -0.3 is 0 Å². The van der Waals surface area contributed by atoms with Gasteiger partial charge in [-0.15, -0.1) is 0 Å². The van der Waals surface area contributed by atoms with Crippen LogP contribution >= 0.6 is 0 Å². The smallest absolute Gasteiger partial charge is 0.258 e. The van der Waals surface area contributed by atoms with E-state index in [1.165, 1.54) is 0 Å². The standard InChI is InChI=1S/C28H32N2O4/c1-13(2)17-9-23-24(29(31)32)12-18(14(3)4)21-10-19(15(5)6)27-26(25(21)23)22(17)11-20(16(7)8)28(27)30(33)34/h9-16H,1-8H3. The summed E-state index contributed by atoms with van der Waals surface area (Å²) >= 11 is 0. The van der Waals surface area contributed by atoms with Gasteiger partial charge in [-0.3, -0.25) is 20.2 Å². The summed E-state index contributed by atoms with van der Waals surface area (Å²) in [6.07, 6.45) is 0. The topological polar surface area (TPSA) is 86.3 Å². The zero-order chi connectivity index (χ0) is 25.2. The van der Waals surface area contributed by atoms with Gasteiger partial charge in [0.05, 0.1) is 20.6 Å². The average molecular weight is 461 g/mol. The summed E-state index contributed by atoms with van der Waals surface area (Å²) in [7, 11) is 0. The number of benzene rings is 4. The summed E-state index contributed by atoms with van der Waals surface area (Å²) in [6.45, 7) is 16.3. The van der Waals surface area contributed by atoms with E-state index in [2.05, 4.69) is 33.8 Å². The quantitative estimate of drug-likeness (QED) is 0.163. The number of hydrogen-bond acceptors (Lipinski definition) is 4. The largest absolute Gasteiger partial charge is 0.280 e. The molecule has 0 aliphatic heterocycles. The van der Waals surface area contributed by atoms with Crippen LogP contribution in [0.15, 0.2) is 24.3 Å². The first kappa shape index (κ1) is 23.9. The molecular weight excluding hydrogens is 428 g/mol. The normalized spacial score (nSPS) is 12.5. The van der Waals surface area contributed by atoms with E-state index in [9.17, 15) is 20.2 Å². The van der Waals surface area contributed by atoms with Crippen LogP contribution in [0.5, 0.6) is 0 Å². The molecule has 178 valence electrons. The molecule has 0 atom stereocenters. The van der Waals surface area contributed by atoms with Crippen molar-refractivity contribution in [3.63, 3.8) is 0 Å². The van der Waals surface area contributed by atoms with Crippen molar-refractivity contribution in [2.45, 2.75) is 79.1 Å². The van der Waals surface area contributed by atoms with Crippen LogP contribution in [0.2, 0.25) is 0 Å². The highest BCUT2D eigenvalue weighted by Gasteiger charge is 2.31. The number of nitro benzene ring substituents is 2. The van der Waals surface area contributed by atoms with E-state index >= 15 is 0 Å². The third-order valence-electron chi connectivity index (χ3n) is 7.06. The summed E-state index contributed by atoms with van der Waals surface area (Å²) in [5, 5.41) is 29.4. The number of nitro groups is 2. The van der Waals surface area contributed by atoms with E-state index < -0.39 is 0 Å². The highest BCUT2D eigenvalue weighted by molar-refractivity contribution is 6.29. The lowest BCUT2D eigenvalue weighted by atomic mass is 9.79. The van der Waals surface area contributed by atoms with Gasteiger partial charge in [0.2, 0.25) is 0 Å². The second kappa shape index (κ2) is 8.19. The van der Waals surface area contributed by atoms with Crippen LogP contribution in [-0.2, 0) is 0 Å². The Kier molecular flexibility index (Phi) is 5.75. The summed E-state index contributed by atoms with van der Waals surface area (Å²) in [6, 6.07) is 7.67. The molecule has 0 aromatic heterocycles. The molecule has 4 aromatic rings. The van der Waals surface area contributed by atoms with Gasteiger partial charge in [-0.2, -0.15) is 0 Å². The number of non-ortho nitro benzene ring substituents is 1. The molecule has 6 heteroatoms. The molecule has 4 aromatic carbocycles. The Balaban J connectivity index is 2.51. The van der Waals surface area contributed by atoms with E-state index in [1.807, 2.05) is 39.8 Å². The van der Waals surface area contributed by atoms with Crippen molar-refractivity contribution in [3.8, 4) is 0 Å². The van der Waals surface area contributed by atoms with Crippen LogP contribution in [0.4, 0.5) is 11.4 Å². The summed E-state index contributed by atoms with van der Waals surface area (Å²) in [4.78, 5) is 24.1. The van der Waals surface area contributed by atoms with E-state index in [1.54, 1.807) is 6.07 Å². The second-order valence-electron chi connectivity index (χ2n) is 10.6. The fraction of sp³-hybridized carbons (Fsp3) is 0.429. The van der Waals surface area contributed by atoms with Crippen LogP contribution in [-0.4, -0.2) is 9.85 Å². The highest BCUT2D eigenvalue weighted by atomic mass is 16.6. The van der Waals surface area contributed by atoms with Crippen LogP contribution in [0, 0.1) is 20.2 Å². The zero-order valence-electron chi connectivity index (χ0n) is 21.1. The molecule has 4 rings (SSSR count). The van der Waals surface area contributed by atoms with Gasteiger partial charge in [-0.1, -0.05) is 55.4 Å². The van der Waals surface area contributed by atoms with Gasteiger partial charge in [-0.05, 0) is 69.3 Å². The minimum absolute atomic E-state index is 0.0390.